The van der Waals surface area contributed by atoms with Crippen LogP contribution >= 0.6 is 0 Å². The van der Waals surface area contributed by atoms with Crippen LogP contribution in [-0.2, 0) is 11.3 Å². The van der Waals surface area contributed by atoms with Crippen LogP contribution in [0.5, 0.6) is 0 Å². The summed E-state index contributed by atoms with van der Waals surface area (Å²) in [6.07, 6.45) is 3.68. The van der Waals surface area contributed by atoms with Gasteiger partial charge in [0.1, 0.15) is 6.54 Å². The molecule has 0 spiro atoms. The van der Waals surface area contributed by atoms with Crippen molar-refractivity contribution in [1.82, 2.24) is 24.4 Å². The van der Waals surface area contributed by atoms with E-state index in [9.17, 15) is 9.59 Å². The van der Waals surface area contributed by atoms with Crippen LogP contribution in [-0.4, -0.2) is 51.2 Å². The zero-order valence-electron chi connectivity index (χ0n) is 12.0. The Morgan fingerprint density at radius 2 is 2.33 bits per heavy atom. The van der Waals surface area contributed by atoms with Gasteiger partial charge in [-0.2, -0.15) is 0 Å². The fourth-order valence-electron chi connectivity index (χ4n) is 2.90. The standard InChI is InChI=1S/C14H19N5O2/c1-15-9-11-5-4-8-17(11)13(20)10-19-14(21)18-7-3-2-6-12(18)16-19/h2-3,6-7,11,15H,4-5,8-10H2,1H3. The number of rotatable bonds is 4. The van der Waals surface area contributed by atoms with Crippen LogP contribution in [0.15, 0.2) is 29.2 Å². The Morgan fingerprint density at radius 1 is 1.48 bits per heavy atom. The third-order valence-corrected chi connectivity index (χ3v) is 3.91. The van der Waals surface area contributed by atoms with E-state index >= 15 is 0 Å². The molecule has 2 aromatic heterocycles. The van der Waals surface area contributed by atoms with Gasteiger partial charge in [-0.05, 0) is 32.0 Å². The third-order valence-electron chi connectivity index (χ3n) is 3.91. The molecule has 3 heterocycles. The highest BCUT2D eigenvalue weighted by molar-refractivity contribution is 5.76. The molecular weight excluding hydrogens is 270 g/mol. The highest BCUT2D eigenvalue weighted by Crippen LogP contribution is 2.16. The molecule has 1 atom stereocenters. The van der Waals surface area contributed by atoms with E-state index in [0.717, 1.165) is 25.9 Å². The van der Waals surface area contributed by atoms with Crippen molar-refractivity contribution in [3.05, 3.63) is 34.9 Å². The minimum atomic E-state index is -0.275. The Bertz CT molecular complexity index is 705. The monoisotopic (exact) mass is 289 g/mol. The summed E-state index contributed by atoms with van der Waals surface area (Å²) < 4.78 is 2.69. The van der Waals surface area contributed by atoms with E-state index in [0.29, 0.717) is 5.65 Å². The van der Waals surface area contributed by atoms with Crippen molar-refractivity contribution in [3.63, 3.8) is 0 Å². The first-order chi connectivity index (χ1) is 10.2. The Kier molecular flexibility index (Phi) is 3.74. The van der Waals surface area contributed by atoms with Gasteiger partial charge in [-0.25, -0.2) is 9.48 Å². The summed E-state index contributed by atoms with van der Waals surface area (Å²) in [5.74, 6) is -0.0433. The SMILES string of the molecule is CNCC1CCCN1C(=O)Cn1nc2ccccn2c1=O. The van der Waals surface area contributed by atoms with E-state index in [2.05, 4.69) is 10.4 Å². The van der Waals surface area contributed by atoms with E-state index in [4.69, 9.17) is 0 Å². The summed E-state index contributed by atoms with van der Waals surface area (Å²) in [4.78, 5) is 26.4. The van der Waals surface area contributed by atoms with Crippen molar-refractivity contribution in [2.45, 2.75) is 25.4 Å². The van der Waals surface area contributed by atoms with E-state index in [1.165, 1.54) is 9.08 Å². The average molecular weight is 289 g/mol. The predicted octanol–water partition coefficient (Wildman–Crippen LogP) is -0.294. The molecule has 112 valence electrons. The molecule has 0 saturated carbocycles. The van der Waals surface area contributed by atoms with Gasteiger partial charge in [-0.3, -0.25) is 9.20 Å². The second kappa shape index (κ2) is 5.69. The van der Waals surface area contributed by atoms with Gasteiger partial charge in [0.25, 0.3) is 0 Å². The van der Waals surface area contributed by atoms with Gasteiger partial charge in [0.2, 0.25) is 5.91 Å². The molecular formula is C14H19N5O2. The lowest BCUT2D eigenvalue weighted by Gasteiger charge is -2.24. The molecule has 21 heavy (non-hydrogen) atoms. The van der Waals surface area contributed by atoms with Crippen molar-refractivity contribution in [2.75, 3.05) is 20.1 Å². The summed E-state index contributed by atoms with van der Waals surface area (Å²) in [6.45, 7) is 1.54. The van der Waals surface area contributed by atoms with Gasteiger partial charge in [0.05, 0.1) is 0 Å². The van der Waals surface area contributed by atoms with Crippen LogP contribution in [0.1, 0.15) is 12.8 Å². The summed E-state index contributed by atoms with van der Waals surface area (Å²) in [7, 11) is 1.88. The zero-order chi connectivity index (χ0) is 14.8. The lowest BCUT2D eigenvalue weighted by atomic mass is 10.2. The van der Waals surface area contributed by atoms with Crippen LogP contribution in [0.2, 0.25) is 0 Å². The third kappa shape index (κ3) is 2.56. The number of likely N-dealkylation sites (tertiary alicyclic amines) is 1. The first-order valence-corrected chi connectivity index (χ1v) is 7.19. The molecule has 1 unspecified atom stereocenters. The molecule has 3 rings (SSSR count). The van der Waals surface area contributed by atoms with Crippen LogP contribution in [0.4, 0.5) is 0 Å². The maximum Gasteiger partial charge on any atom is 0.350 e. The lowest BCUT2D eigenvalue weighted by Crippen LogP contribution is -2.43. The maximum absolute atomic E-state index is 12.4. The molecule has 1 N–H and O–H groups in total. The number of amides is 1. The number of carbonyl (C=O) groups excluding carboxylic acids is 1. The van der Waals surface area contributed by atoms with Crippen molar-refractivity contribution < 1.29 is 4.79 Å². The summed E-state index contributed by atoms with van der Waals surface area (Å²) in [5.41, 5.74) is 0.284. The van der Waals surface area contributed by atoms with Gasteiger partial charge >= 0.3 is 5.69 Å². The number of hydrogen-bond donors (Lipinski definition) is 1. The maximum atomic E-state index is 12.4. The van der Waals surface area contributed by atoms with Gasteiger partial charge < -0.3 is 10.2 Å². The average Bonchev–Trinajstić information content (AvgIpc) is 3.06. The molecule has 1 fully saturated rings. The van der Waals surface area contributed by atoms with E-state index in [-0.39, 0.29) is 24.2 Å². The molecule has 1 amide bonds. The van der Waals surface area contributed by atoms with Crippen molar-refractivity contribution in [2.24, 2.45) is 0 Å². The minimum Gasteiger partial charge on any atom is -0.337 e. The smallest absolute Gasteiger partial charge is 0.337 e. The first kappa shape index (κ1) is 13.8. The summed E-state index contributed by atoms with van der Waals surface area (Å²) in [5, 5.41) is 7.31. The molecule has 1 saturated heterocycles. The molecule has 0 aromatic carbocycles. The summed E-state index contributed by atoms with van der Waals surface area (Å²) in [6, 6.07) is 5.56. The Morgan fingerprint density at radius 3 is 3.10 bits per heavy atom. The highest BCUT2D eigenvalue weighted by atomic mass is 16.2. The van der Waals surface area contributed by atoms with E-state index < -0.39 is 0 Å². The van der Waals surface area contributed by atoms with E-state index in [1.807, 2.05) is 18.0 Å². The summed E-state index contributed by atoms with van der Waals surface area (Å²) >= 11 is 0. The Hall–Kier alpha value is -2.15. The molecule has 0 bridgehead atoms. The quantitative estimate of drug-likeness (QED) is 0.839. The molecule has 0 aliphatic carbocycles. The Labute approximate surface area is 122 Å². The minimum absolute atomic E-state index is 0.000722. The normalized spacial score (nSPS) is 18.5. The van der Waals surface area contributed by atoms with Gasteiger partial charge in [0.15, 0.2) is 5.65 Å². The topological polar surface area (TPSA) is 71.6 Å². The molecule has 2 aromatic rings. The van der Waals surface area contributed by atoms with Crippen LogP contribution in [0.3, 0.4) is 0 Å². The number of nitrogens with zero attached hydrogens (tertiary/aromatic N) is 4. The number of nitrogens with one attached hydrogen (secondary N) is 1. The number of hydrogen-bond acceptors (Lipinski definition) is 4. The molecule has 7 nitrogen and oxygen atoms in total. The lowest BCUT2D eigenvalue weighted by molar-refractivity contribution is -0.132. The molecule has 1 aliphatic rings. The largest absolute Gasteiger partial charge is 0.350 e. The number of aromatic nitrogens is 3. The van der Waals surface area contributed by atoms with Crippen LogP contribution < -0.4 is 11.0 Å². The van der Waals surface area contributed by atoms with Gasteiger partial charge in [0, 0.05) is 25.3 Å². The molecule has 1 aliphatic heterocycles. The second-order valence-electron chi connectivity index (χ2n) is 5.31. The number of fused-ring (bicyclic) bond motifs is 1. The van der Waals surface area contributed by atoms with Crippen molar-refractivity contribution in [1.29, 1.82) is 0 Å². The van der Waals surface area contributed by atoms with Crippen LogP contribution in [0.25, 0.3) is 5.65 Å². The van der Waals surface area contributed by atoms with Gasteiger partial charge in [-0.15, -0.1) is 5.10 Å². The fraction of sp³-hybridized carbons (Fsp3) is 0.500. The van der Waals surface area contributed by atoms with Crippen LogP contribution in [0, 0.1) is 0 Å². The second-order valence-corrected chi connectivity index (χ2v) is 5.31. The van der Waals surface area contributed by atoms with Crippen molar-refractivity contribution in [3.8, 4) is 0 Å². The number of pyridine rings is 1. The Balaban J connectivity index is 1.80. The number of likely N-dealkylation sites (N-methyl/N-ethyl adjacent to an activating group) is 1. The molecule has 7 heteroatoms. The fourth-order valence-corrected chi connectivity index (χ4v) is 2.90. The zero-order valence-corrected chi connectivity index (χ0v) is 12.0. The first-order valence-electron chi connectivity index (χ1n) is 7.19. The van der Waals surface area contributed by atoms with E-state index in [1.54, 1.807) is 18.3 Å². The van der Waals surface area contributed by atoms with Crippen molar-refractivity contribution >= 4 is 11.6 Å². The highest BCUT2D eigenvalue weighted by Gasteiger charge is 2.28. The predicted molar refractivity (Wildman–Crippen MR) is 78.1 cm³/mol. The molecule has 0 radical (unpaired) electrons. The van der Waals surface area contributed by atoms with Gasteiger partial charge in [-0.1, -0.05) is 6.07 Å². The number of carbonyl (C=O) groups is 1.